The van der Waals surface area contributed by atoms with Gasteiger partial charge in [-0.2, -0.15) is 0 Å². The first kappa shape index (κ1) is 13.6. The summed E-state index contributed by atoms with van der Waals surface area (Å²) in [6.45, 7) is 4.18. The number of hydrogen-bond acceptors (Lipinski definition) is 5. The highest BCUT2D eigenvalue weighted by atomic mass is 16.4. The summed E-state index contributed by atoms with van der Waals surface area (Å²) in [6.07, 6.45) is 6.49. The number of aromatic nitrogens is 2. The van der Waals surface area contributed by atoms with Crippen molar-refractivity contribution in [3.63, 3.8) is 0 Å². The lowest BCUT2D eigenvalue weighted by atomic mass is 9.98. The molecule has 0 bridgehead atoms. The van der Waals surface area contributed by atoms with Crippen LogP contribution >= 0.6 is 0 Å². The monoisotopic (exact) mass is 263 g/mol. The maximum Gasteiger partial charge on any atom is 0.225 e. The van der Waals surface area contributed by atoms with Crippen molar-refractivity contribution >= 4 is 11.8 Å². The fourth-order valence-corrected chi connectivity index (χ4v) is 2.47. The molecule has 0 saturated carbocycles. The average molecular weight is 263 g/mol. The van der Waals surface area contributed by atoms with Gasteiger partial charge in [-0.25, -0.2) is 9.97 Å². The fraction of sp³-hybridized carbons (Fsp3) is 0.615. The van der Waals surface area contributed by atoms with Crippen molar-refractivity contribution in [2.45, 2.75) is 32.6 Å². The summed E-state index contributed by atoms with van der Waals surface area (Å²) in [5.74, 6) is 1.49. The van der Waals surface area contributed by atoms with Gasteiger partial charge < -0.3 is 15.8 Å². The van der Waals surface area contributed by atoms with Gasteiger partial charge in [0.1, 0.15) is 5.69 Å². The van der Waals surface area contributed by atoms with Gasteiger partial charge in [-0.15, -0.1) is 0 Å². The van der Waals surface area contributed by atoms with Gasteiger partial charge in [0.15, 0.2) is 5.84 Å². The van der Waals surface area contributed by atoms with Crippen molar-refractivity contribution < 1.29 is 5.21 Å². The first-order chi connectivity index (χ1) is 9.24. The molecule has 0 aliphatic carbocycles. The van der Waals surface area contributed by atoms with E-state index in [-0.39, 0.29) is 5.84 Å². The topological polar surface area (TPSA) is 87.6 Å². The summed E-state index contributed by atoms with van der Waals surface area (Å²) in [7, 11) is 0. The molecule has 1 atom stereocenters. The molecule has 1 aromatic heterocycles. The smallest absolute Gasteiger partial charge is 0.225 e. The Labute approximate surface area is 113 Å². The van der Waals surface area contributed by atoms with E-state index in [0.717, 1.165) is 25.4 Å². The predicted octanol–water partition coefficient (Wildman–Crippen LogP) is 1.59. The quantitative estimate of drug-likeness (QED) is 0.374. The molecule has 0 radical (unpaired) electrons. The zero-order valence-electron chi connectivity index (χ0n) is 11.3. The molecule has 6 nitrogen and oxygen atoms in total. The van der Waals surface area contributed by atoms with Crippen LogP contribution in [-0.4, -0.2) is 34.1 Å². The molecule has 1 aliphatic rings. The Morgan fingerprint density at radius 2 is 2.37 bits per heavy atom. The van der Waals surface area contributed by atoms with Crippen LogP contribution in [0.3, 0.4) is 0 Å². The van der Waals surface area contributed by atoms with Gasteiger partial charge in [0.05, 0.1) is 0 Å². The summed E-state index contributed by atoms with van der Waals surface area (Å²) >= 11 is 0. The van der Waals surface area contributed by atoms with Gasteiger partial charge in [0, 0.05) is 19.3 Å². The molecule has 2 heterocycles. The predicted molar refractivity (Wildman–Crippen MR) is 74.4 cm³/mol. The van der Waals surface area contributed by atoms with Crippen molar-refractivity contribution in [3.05, 3.63) is 18.0 Å². The Kier molecular flexibility index (Phi) is 4.54. The van der Waals surface area contributed by atoms with E-state index in [0.29, 0.717) is 11.6 Å². The number of rotatable bonds is 3. The zero-order chi connectivity index (χ0) is 13.7. The minimum Gasteiger partial charge on any atom is -0.409 e. The fourth-order valence-electron chi connectivity index (χ4n) is 2.47. The molecule has 1 aromatic rings. The normalized spacial score (nSPS) is 21.2. The van der Waals surface area contributed by atoms with Gasteiger partial charge in [-0.05, 0) is 31.2 Å². The Hall–Kier alpha value is -1.85. The van der Waals surface area contributed by atoms with E-state index in [2.05, 4.69) is 26.9 Å². The Morgan fingerprint density at radius 1 is 1.53 bits per heavy atom. The highest BCUT2D eigenvalue weighted by molar-refractivity contribution is 5.95. The lowest BCUT2D eigenvalue weighted by molar-refractivity contribution is 0.318. The van der Waals surface area contributed by atoms with Gasteiger partial charge in [0.25, 0.3) is 0 Å². The molecule has 19 heavy (non-hydrogen) atoms. The number of hydrogen-bond donors (Lipinski definition) is 2. The van der Waals surface area contributed by atoms with Crippen molar-refractivity contribution in [2.75, 3.05) is 18.0 Å². The molecule has 0 aromatic carbocycles. The molecular formula is C13H21N5O. The van der Waals surface area contributed by atoms with E-state index >= 15 is 0 Å². The Bertz CT molecular complexity index is 448. The average Bonchev–Trinajstić information content (AvgIpc) is 2.72. The summed E-state index contributed by atoms with van der Waals surface area (Å²) < 4.78 is 0. The van der Waals surface area contributed by atoms with E-state index in [9.17, 15) is 0 Å². The summed E-state index contributed by atoms with van der Waals surface area (Å²) in [4.78, 5) is 10.8. The maximum absolute atomic E-state index is 8.69. The van der Waals surface area contributed by atoms with Gasteiger partial charge in [-0.1, -0.05) is 18.5 Å². The van der Waals surface area contributed by atoms with E-state index in [1.54, 1.807) is 12.3 Å². The minimum atomic E-state index is 0.0184. The van der Waals surface area contributed by atoms with E-state index < -0.39 is 0 Å². The van der Waals surface area contributed by atoms with Crippen molar-refractivity contribution in [2.24, 2.45) is 16.8 Å². The van der Waals surface area contributed by atoms with Crippen LogP contribution in [-0.2, 0) is 0 Å². The molecule has 1 unspecified atom stereocenters. The Balaban J connectivity index is 2.13. The SMILES string of the molecule is CCC1CCCN(c2nccc(/C(N)=N/O)n2)CC1. The lowest BCUT2D eigenvalue weighted by Gasteiger charge is -2.20. The van der Waals surface area contributed by atoms with Crippen LogP contribution in [0.5, 0.6) is 0 Å². The molecule has 6 heteroatoms. The number of oxime groups is 1. The van der Waals surface area contributed by atoms with Crippen LogP contribution in [0.4, 0.5) is 5.95 Å². The summed E-state index contributed by atoms with van der Waals surface area (Å²) in [5.41, 5.74) is 6.02. The molecule has 0 spiro atoms. The van der Waals surface area contributed by atoms with Gasteiger partial charge in [-0.3, -0.25) is 0 Å². The zero-order valence-corrected chi connectivity index (χ0v) is 11.3. The highest BCUT2D eigenvalue weighted by Gasteiger charge is 2.18. The first-order valence-corrected chi connectivity index (χ1v) is 6.80. The van der Waals surface area contributed by atoms with Gasteiger partial charge >= 0.3 is 0 Å². The molecule has 1 fully saturated rings. The van der Waals surface area contributed by atoms with Crippen molar-refractivity contribution in [1.29, 1.82) is 0 Å². The molecule has 3 N–H and O–H groups in total. The third-order valence-electron chi connectivity index (χ3n) is 3.72. The third-order valence-corrected chi connectivity index (χ3v) is 3.72. The molecular weight excluding hydrogens is 242 g/mol. The lowest BCUT2D eigenvalue weighted by Crippen LogP contribution is -2.27. The van der Waals surface area contributed by atoms with Crippen LogP contribution in [0.2, 0.25) is 0 Å². The Morgan fingerprint density at radius 3 is 3.11 bits per heavy atom. The second-order valence-electron chi connectivity index (χ2n) is 4.92. The van der Waals surface area contributed by atoms with Gasteiger partial charge in [0.2, 0.25) is 5.95 Å². The number of nitrogens with zero attached hydrogens (tertiary/aromatic N) is 4. The second kappa shape index (κ2) is 6.36. The molecule has 0 amide bonds. The van der Waals surface area contributed by atoms with Crippen LogP contribution in [0, 0.1) is 5.92 Å². The first-order valence-electron chi connectivity index (χ1n) is 6.80. The van der Waals surface area contributed by atoms with Crippen LogP contribution in [0.1, 0.15) is 38.3 Å². The van der Waals surface area contributed by atoms with Crippen molar-refractivity contribution in [1.82, 2.24) is 9.97 Å². The molecule has 104 valence electrons. The number of nitrogens with two attached hydrogens (primary N) is 1. The van der Waals surface area contributed by atoms with E-state index in [4.69, 9.17) is 10.9 Å². The summed E-state index contributed by atoms with van der Waals surface area (Å²) in [5, 5.41) is 11.7. The standard InChI is InChI=1S/C13H21N5O/c1-2-10-4-3-8-18(9-6-10)13-15-7-5-11(16-13)12(14)17-19/h5,7,10,19H,2-4,6,8-9H2,1H3,(H2,14,17). The van der Waals surface area contributed by atoms with Crippen LogP contribution in [0.25, 0.3) is 0 Å². The molecule has 2 rings (SSSR count). The van der Waals surface area contributed by atoms with E-state index in [1.165, 1.54) is 19.3 Å². The van der Waals surface area contributed by atoms with Crippen molar-refractivity contribution in [3.8, 4) is 0 Å². The van der Waals surface area contributed by atoms with Crippen LogP contribution < -0.4 is 10.6 Å². The second-order valence-corrected chi connectivity index (χ2v) is 4.92. The molecule has 1 aliphatic heterocycles. The molecule has 1 saturated heterocycles. The summed E-state index contributed by atoms with van der Waals surface area (Å²) in [6, 6.07) is 1.64. The maximum atomic E-state index is 8.69. The third kappa shape index (κ3) is 3.33. The highest BCUT2D eigenvalue weighted by Crippen LogP contribution is 2.22. The number of amidine groups is 1. The van der Waals surface area contributed by atoms with Crippen LogP contribution in [0.15, 0.2) is 17.4 Å². The largest absolute Gasteiger partial charge is 0.409 e. The number of anilines is 1. The van der Waals surface area contributed by atoms with E-state index in [1.807, 2.05) is 0 Å². The minimum absolute atomic E-state index is 0.0184.